The molecule has 9 nitrogen and oxygen atoms in total. The third kappa shape index (κ3) is 4.72. The Balaban J connectivity index is 2.20. The fourth-order valence-corrected chi connectivity index (χ4v) is 2.53. The van der Waals surface area contributed by atoms with Crippen molar-refractivity contribution in [3.63, 3.8) is 0 Å². The van der Waals surface area contributed by atoms with Crippen LogP contribution < -0.4 is 15.5 Å². The number of non-ortho nitro benzene ring substituents is 1. The third-order valence-corrected chi connectivity index (χ3v) is 3.99. The van der Waals surface area contributed by atoms with E-state index in [0.29, 0.717) is 22.6 Å². The lowest BCUT2D eigenvalue weighted by atomic mass is 10.1. The largest absolute Gasteiger partial charge is 0.465 e. The zero-order valence-corrected chi connectivity index (χ0v) is 15.1. The molecule has 0 heterocycles. The van der Waals surface area contributed by atoms with Crippen molar-refractivity contribution in [2.24, 2.45) is 0 Å². The van der Waals surface area contributed by atoms with Crippen molar-refractivity contribution in [3.05, 3.63) is 57.6 Å². The molecule has 9 heteroatoms. The van der Waals surface area contributed by atoms with Crippen molar-refractivity contribution in [2.45, 2.75) is 20.8 Å². The molecule has 0 radical (unpaired) electrons. The molecule has 0 aliphatic rings. The van der Waals surface area contributed by atoms with Crippen LogP contribution in [0.1, 0.15) is 18.1 Å². The van der Waals surface area contributed by atoms with Crippen LogP contribution in [0.3, 0.4) is 0 Å². The first-order valence-electron chi connectivity index (χ1n) is 8.17. The molecule has 142 valence electrons. The highest BCUT2D eigenvalue weighted by molar-refractivity contribution is 6.01. The van der Waals surface area contributed by atoms with Crippen molar-refractivity contribution in [2.75, 3.05) is 22.1 Å². The topological polar surface area (TPSA) is 125 Å². The first kappa shape index (κ1) is 19.7. The monoisotopic (exact) mass is 372 g/mol. The first-order chi connectivity index (χ1) is 12.7. The van der Waals surface area contributed by atoms with Crippen LogP contribution in [-0.2, 0) is 0 Å². The number of nitrogens with zero attached hydrogens (tertiary/aromatic N) is 2. The van der Waals surface area contributed by atoms with Crippen LogP contribution in [0.15, 0.2) is 36.4 Å². The molecule has 0 unspecified atom stereocenters. The molecule has 2 aromatic rings. The number of amides is 3. The van der Waals surface area contributed by atoms with Gasteiger partial charge in [0.05, 0.1) is 16.3 Å². The lowest BCUT2D eigenvalue weighted by Gasteiger charge is -2.20. The van der Waals surface area contributed by atoms with Gasteiger partial charge in [-0.25, -0.2) is 9.59 Å². The average molecular weight is 372 g/mol. The van der Waals surface area contributed by atoms with Crippen molar-refractivity contribution in [3.8, 4) is 0 Å². The Bertz CT molecular complexity index is 897. The van der Waals surface area contributed by atoms with E-state index in [9.17, 15) is 24.8 Å². The Labute approximate surface area is 155 Å². The van der Waals surface area contributed by atoms with E-state index in [2.05, 4.69) is 10.6 Å². The zero-order chi connectivity index (χ0) is 20.1. The van der Waals surface area contributed by atoms with Crippen LogP contribution in [-0.4, -0.2) is 28.7 Å². The minimum absolute atomic E-state index is 0.131. The molecule has 0 aliphatic carbocycles. The first-order valence-corrected chi connectivity index (χ1v) is 8.17. The Kier molecular flexibility index (Phi) is 5.96. The Morgan fingerprint density at radius 3 is 2.37 bits per heavy atom. The normalized spacial score (nSPS) is 10.2. The average Bonchev–Trinajstić information content (AvgIpc) is 2.59. The molecule has 0 fully saturated rings. The molecule has 27 heavy (non-hydrogen) atoms. The molecule has 0 spiro atoms. The van der Waals surface area contributed by atoms with E-state index in [1.165, 1.54) is 17.0 Å². The number of rotatable bonds is 5. The highest BCUT2D eigenvalue weighted by atomic mass is 16.6. The van der Waals surface area contributed by atoms with Crippen LogP contribution in [0.2, 0.25) is 0 Å². The van der Waals surface area contributed by atoms with E-state index in [-0.39, 0.29) is 12.2 Å². The molecule has 2 aromatic carbocycles. The fraction of sp³-hybridized carbons (Fsp3) is 0.222. The number of aryl methyl sites for hydroxylation is 2. The number of nitro groups is 1. The lowest BCUT2D eigenvalue weighted by molar-refractivity contribution is -0.384. The minimum atomic E-state index is -1.09. The molecule has 3 amide bonds. The maximum absolute atomic E-state index is 12.3. The number of benzene rings is 2. The number of nitro benzene ring substituents is 1. The Hall–Kier alpha value is -3.62. The van der Waals surface area contributed by atoms with Gasteiger partial charge in [-0.3, -0.25) is 15.0 Å². The van der Waals surface area contributed by atoms with E-state index >= 15 is 0 Å². The quantitative estimate of drug-likeness (QED) is 0.531. The van der Waals surface area contributed by atoms with E-state index in [0.717, 1.165) is 5.56 Å². The number of carboxylic acid groups (broad SMARTS) is 1. The summed E-state index contributed by atoms with van der Waals surface area (Å²) in [5, 5.41) is 25.4. The highest BCUT2D eigenvalue weighted by Crippen LogP contribution is 2.25. The van der Waals surface area contributed by atoms with Gasteiger partial charge in [0, 0.05) is 24.4 Å². The Morgan fingerprint density at radius 1 is 1.11 bits per heavy atom. The van der Waals surface area contributed by atoms with E-state index < -0.39 is 17.0 Å². The van der Waals surface area contributed by atoms with E-state index in [4.69, 9.17) is 0 Å². The van der Waals surface area contributed by atoms with Crippen molar-refractivity contribution in [1.82, 2.24) is 0 Å². The number of carbonyl (C=O) groups is 2. The smallest absolute Gasteiger partial charge is 0.411 e. The van der Waals surface area contributed by atoms with Crippen molar-refractivity contribution in [1.29, 1.82) is 0 Å². The summed E-state index contributed by atoms with van der Waals surface area (Å²) in [6.07, 6.45) is -1.09. The Morgan fingerprint density at radius 2 is 1.78 bits per heavy atom. The SMILES string of the molecule is CCN(C(=O)O)c1cc(NC(=O)Nc2cc([N+](=O)[O-])ccc2C)ccc1C. The number of hydrogen-bond donors (Lipinski definition) is 3. The minimum Gasteiger partial charge on any atom is -0.465 e. The van der Waals surface area contributed by atoms with Crippen LogP contribution in [0.5, 0.6) is 0 Å². The van der Waals surface area contributed by atoms with Crippen molar-refractivity contribution >= 4 is 34.9 Å². The predicted molar refractivity (Wildman–Crippen MR) is 103 cm³/mol. The van der Waals surface area contributed by atoms with E-state index in [1.54, 1.807) is 45.0 Å². The summed E-state index contributed by atoms with van der Waals surface area (Å²) in [5.41, 5.74) is 2.47. The molecule has 2 rings (SSSR count). The summed E-state index contributed by atoms with van der Waals surface area (Å²) in [6.45, 7) is 5.47. The van der Waals surface area contributed by atoms with Crippen LogP contribution in [0.4, 0.5) is 32.3 Å². The number of urea groups is 1. The second-order valence-corrected chi connectivity index (χ2v) is 5.86. The lowest BCUT2D eigenvalue weighted by Crippen LogP contribution is -2.29. The van der Waals surface area contributed by atoms with Gasteiger partial charge in [0.1, 0.15) is 0 Å². The van der Waals surface area contributed by atoms with Crippen LogP contribution in [0, 0.1) is 24.0 Å². The standard InChI is InChI=1S/C18H20N4O5/c1-4-21(18(24)25)16-9-13(7-5-12(16)3)19-17(23)20-15-10-14(22(26)27)8-6-11(15)2/h5-10H,4H2,1-3H3,(H,24,25)(H2,19,20,23). The van der Waals surface area contributed by atoms with Crippen LogP contribution >= 0.6 is 0 Å². The van der Waals surface area contributed by atoms with Gasteiger partial charge in [0.2, 0.25) is 0 Å². The van der Waals surface area contributed by atoms with Gasteiger partial charge in [0.15, 0.2) is 0 Å². The molecule has 0 atom stereocenters. The number of anilines is 3. The molecule has 3 N–H and O–H groups in total. The molecule has 0 aliphatic heterocycles. The maximum Gasteiger partial charge on any atom is 0.411 e. The second kappa shape index (κ2) is 8.17. The second-order valence-electron chi connectivity index (χ2n) is 5.86. The van der Waals surface area contributed by atoms with Gasteiger partial charge in [-0.05, 0) is 44.0 Å². The maximum atomic E-state index is 12.3. The van der Waals surface area contributed by atoms with Gasteiger partial charge >= 0.3 is 12.1 Å². The van der Waals surface area contributed by atoms with Crippen molar-refractivity contribution < 1.29 is 19.6 Å². The molecule has 0 saturated heterocycles. The number of nitrogens with one attached hydrogen (secondary N) is 2. The number of hydrogen-bond acceptors (Lipinski definition) is 4. The fourth-order valence-electron chi connectivity index (χ4n) is 2.53. The molecular formula is C18H20N4O5. The molecular weight excluding hydrogens is 352 g/mol. The number of carbonyl (C=O) groups excluding carboxylic acids is 1. The van der Waals surface area contributed by atoms with Gasteiger partial charge in [0.25, 0.3) is 5.69 Å². The summed E-state index contributed by atoms with van der Waals surface area (Å²) in [7, 11) is 0. The van der Waals surface area contributed by atoms with Crippen LogP contribution in [0.25, 0.3) is 0 Å². The summed E-state index contributed by atoms with van der Waals surface area (Å²) < 4.78 is 0. The predicted octanol–water partition coefficient (Wildman–Crippen LogP) is 4.36. The summed E-state index contributed by atoms with van der Waals surface area (Å²) in [4.78, 5) is 35.1. The summed E-state index contributed by atoms with van der Waals surface area (Å²) in [5.74, 6) is 0. The molecule has 0 saturated carbocycles. The summed E-state index contributed by atoms with van der Waals surface area (Å²) in [6, 6.07) is 8.50. The van der Waals surface area contributed by atoms with Gasteiger partial charge in [-0.1, -0.05) is 12.1 Å². The third-order valence-electron chi connectivity index (χ3n) is 3.99. The summed E-state index contributed by atoms with van der Waals surface area (Å²) >= 11 is 0. The highest BCUT2D eigenvalue weighted by Gasteiger charge is 2.16. The molecule has 0 aromatic heterocycles. The zero-order valence-electron chi connectivity index (χ0n) is 15.1. The van der Waals surface area contributed by atoms with Gasteiger partial charge in [-0.15, -0.1) is 0 Å². The molecule has 0 bridgehead atoms. The van der Waals surface area contributed by atoms with Gasteiger partial charge < -0.3 is 15.7 Å². The van der Waals surface area contributed by atoms with Gasteiger partial charge in [-0.2, -0.15) is 0 Å². The van der Waals surface area contributed by atoms with E-state index in [1.807, 2.05) is 0 Å².